The van der Waals surface area contributed by atoms with Gasteiger partial charge in [-0.25, -0.2) is 13.2 Å². The number of benzene rings is 2. The topological polar surface area (TPSA) is 136 Å². The van der Waals surface area contributed by atoms with Gasteiger partial charge in [0.1, 0.15) is 28.1 Å². The number of hydrogen-bond donors (Lipinski definition) is 0. The molecule has 6 unspecified atom stereocenters. The maximum Gasteiger partial charge on any atom is 0.340 e. The predicted molar refractivity (Wildman–Crippen MR) is 155 cm³/mol. The monoisotopic (exact) mass is 961 g/mol. The van der Waals surface area contributed by atoms with Gasteiger partial charge in [0.05, 0.1) is 22.3 Å². The zero-order valence-corrected chi connectivity index (χ0v) is 27.1. The predicted octanol–water partition coefficient (Wildman–Crippen LogP) is 3.95. The Morgan fingerprint density at radius 3 is 2.19 bits per heavy atom. The smallest absolute Gasteiger partial charge is 0.340 e. The highest BCUT2D eigenvalue weighted by Crippen LogP contribution is 2.59. The lowest BCUT2D eigenvalue weighted by atomic mass is 9.78. The van der Waals surface area contributed by atoms with Crippen molar-refractivity contribution in [2.24, 2.45) is 23.7 Å². The van der Waals surface area contributed by atoms with E-state index in [0.717, 1.165) is 26.4 Å². The molecule has 0 N–H and O–H groups in total. The highest BCUT2D eigenvalue weighted by Gasteiger charge is 2.70. The molecule has 2 aromatic carbocycles. The zero-order valence-electron chi connectivity index (χ0n) is 17.7. The van der Waals surface area contributed by atoms with E-state index >= 15 is 0 Å². The van der Waals surface area contributed by atoms with Crippen LogP contribution >= 0.6 is 90.4 Å². The summed E-state index contributed by atoms with van der Waals surface area (Å²) in [7, 11) is -4.64. The van der Waals surface area contributed by atoms with Gasteiger partial charge in [-0.1, -0.05) is 0 Å². The molecule has 14 heteroatoms. The lowest BCUT2D eigenvalue weighted by molar-refractivity contribution is -0.149. The molecule has 2 aliphatic carbocycles. The van der Waals surface area contributed by atoms with Gasteiger partial charge in [0.15, 0.2) is 0 Å². The summed E-state index contributed by atoms with van der Waals surface area (Å²) in [5, 5.41) is 0. The van der Waals surface area contributed by atoms with Crippen molar-refractivity contribution >= 4 is 118 Å². The van der Waals surface area contributed by atoms with Crippen molar-refractivity contribution in [3.8, 4) is 5.75 Å². The summed E-state index contributed by atoms with van der Waals surface area (Å²) in [5.74, 6) is -4.03. The van der Waals surface area contributed by atoms with Crippen LogP contribution in [0.1, 0.15) is 16.8 Å². The summed E-state index contributed by atoms with van der Waals surface area (Å²) < 4.78 is 53.6. The van der Waals surface area contributed by atoms with E-state index in [-0.39, 0.29) is 11.7 Å². The van der Waals surface area contributed by atoms with Crippen molar-refractivity contribution in [2.75, 3.05) is 0 Å². The van der Waals surface area contributed by atoms with Crippen molar-refractivity contribution in [1.82, 2.24) is 0 Å². The van der Waals surface area contributed by atoms with E-state index in [2.05, 4.69) is 90.4 Å². The zero-order chi connectivity index (χ0) is 26.1. The van der Waals surface area contributed by atoms with Crippen LogP contribution in [0.25, 0.3) is 0 Å². The number of rotatable bonds is 5. The van der Waals surface area contributed by atoms with Crippen LogP contribution in [-0.2, 0) is 29.2 Å². The van der Waals surface area contributed by atoms with Gasteiger partial charge in [-0.15, -0.1) is 0 Å². The van der Waals surface area contributed by atoms with Gasteiger partial charge in [-0.3, -0.25) is 9.59 Å². The minimum absolute atomic E-state index is 0.0316. The fourth-order valence-corrected chi connectivity index (χ4v) is 9.30. The summed E-state index contributed by atoms with van der Waals surface area (Å²) in [6.45, 7) is 0. The first kappa shape index (κ1) is 27.3. The van der Waals surface area contributed by atoms with Gasteiger partial charge in [-0.2, -0.15) is 0 Å². The average molecular weight is 961 g/mol. The van der Waals surface area contributed by atoms with Crippen LogP contribution < -0.4 is 4.74 Å². The molecule has 1 saturated heterocycles. The van der Waals surface area contributed by atoms with Crippen LogP contribution in [0.3, 0.4) is 0 Å². The largest absolute Gasteiger partial charge is 0.744 e. The first-order valence-electron chi connectivity index (χ1n) is 10.4. The molecule has 190 valence electrons. The summed E-state index contributed by atoms with van der Waals surface area (Å²) in [6.07, 6.45) is -0.929. The number of esters is 3. The van der Waals surface area contributed by atoms with E-state index in [1.165, 1.54) is 12.1 Å². The fraction of sp³-hybridized carbons (Fsp3) is 0.318. The van der Waals surface area contributed by atoms with Gasteiger partial charge < -0.3 is 18.8 Å². The third-order valence-corrected chi connectivity index (χ3v) is 13.6. The van der Waals surface area contributed by atoms with Crippen molar-refractivity contribution in [3.05, 3.63) is 50.2 Å². The Morgan fingerprint density at radius 2 is 1.61 bits per heavy atom. The minimum Gasteiger partial charge on any atom is -0.744 e. The standard InChI is InChI=1S/C22H14I4O9S/c23-11-6-12(24)17(26)15(16(11)25)22(29)35-19-9-5-10-14(21(28)34-18(10)19)13(9)20(27)33-7-1-3-8(4-2-7)36(30,31)32/h1-4,6,9-10,13-14,18-19H,5H2,(H,30,31,32)/p-1. The first-order valence-corrected chi connectivity index (χ1v) is 16.1. The number of ether oxygens (including phenoxy) is 3. The summed E-state index contributed by atoms with van der Waals surface area (Å²) in [6, 6.07) is 6.45. The Bertz CT molecular complexity index is 1380. The molecule has 1 aliphatic heterocycles. The second-order valence-corrected chi connectivity index (χ2v) is 14.4. The lowest BCUT2D eigenvalue weighted by Crippen LogP contribution is -2.44. The summed E-state index contributed by atoms with van der Waals surface area (Å²) in [5.41, 5.74) is 0.434. The molecule has 6 atom stereocenters. The van der Waals surface area contributed by atoms with Crippen LogP contribution in [0.5, 0.6) is 5.75 Å². The van der Waals surface area contributed by atoms with E-state index in [0.29, 0.717) is 12.0 Å². The molecule has 36 heavy (non-hydrogen) atoms. The molecule has 5 rings (SSSR count). The Morgan fingerprint density at radius 1 is 1.00 bits per heavy atom. The molecule has 9 nitrogen and oxygen atoms in total. The molecule has 0 aromatic heterocycles. The average Bonchev–Trinajstić information content (AvgIpc) is 3.41. The van der Waals surface area contributed by atoms with E-state index in [4.69, 9.17) is 14.2 Å². The first-order chi connectivity index (χ1) is 16.9. The van der Waals surface area contributed by atoms with Crippen molar-refractivity contribution in [2.45, 2.75) is 23.5 Å². The van der Waals surface area contributed by atoms with Crippen molar-refractivity contribution in [1.29, 1.82) is 0 Å². The molecule has 0 spiro atoms. The van der Waals surface area contributed by atoms with Crippen molar-refractivity contribution < 1.29 is 41.6 Å². The minimum atomic E-state index is -4.64. The van der Waals surface area contributed by atoms with Crippen molar-refractivity contribution in [3.63, 3.8) is 0 Å². The second-order valence-electron chi connectivity index (χ2n) is 8.58. The normalized spacial score (nSPS) is 28.2. The van der Waals surface area contributed by atoms with E-state index < -0.39 is 62.9 Å². The molecule has 2 aromatic rings. The van der Waals surface area contributed by atoms with Gasteiger partial charge in [0.2, 0.25) is 0 Å². The summed E-state index contributed by atoms with van der Waals surface area (Å²) in [4.78, 5) is 38.6. The molecule has 2 bridgehead atoms. The molecule has 1 heterocycles. The van der Waals surface area contributed by atoms with Gasteiger partial charge in [-0.05, 0) is 127 Å². The van der Waals surface area contributed by atoms with Gasteiger partial charge >= 0.3 is 17.9 Å². The Balaban J connectivity index is 1.39. The number of fused-ring (bicyclic) bond motifs is 1. The molecule has 2 saturated carbocycles. The molecular formula is C22H13I4O9S-. The van der Waals surface area contributed by atoms with E-state index in [1.54, 1.807) is 0 Å². The van der Waals surface area contributed by atoms with Gasteiger partial charge in [0.25, 0.3) is 0 Å². The Kier molecular flexibility index (Phi) is 7.58. The quantitative estimate of drug-likeness (QED) is 0.144. The number of hydrogen-bond acceptors (Lipinski definition) is 9. The third kappa shape index (κ3) is 4.68. The van der Waals surface area contributed by atoms with E-state index in [1.807, 2.05) is 6.07 Å². The van der Waals surface area contributed by atoms with Crippen LogP contribution in [0.15, 0.2) is 35.2 Å². The maximum absolute atomic E-state index is 13.3. The highest BCUT2D eigenvalue weighted by atomic mass is 127. The van der Waals surface area contributed by atoms with Gasteiger partial charge in [0, 0.05) is 26.1 Å². The molecule has 0 radical (unpaired) electrons. The van der Waals surface area contributed by atoms with Crippen LogP contribution in [0.2, 0.25) is 0 Å². The molecule has 0 amide bonds. The number of carbonyl (C=O) groups excluding carboxylic acids is 3. The third-order valence-electron chi connectivity index (χ3n) is 6.71. The van der Waals surface area contributed by atoms with Crippen LogP contribution in [-0.4, -0.2) is 43.1 Å². The van der Waals surface area contributed by atoms with E-state index in [9.17, 15) is 27.4 Å². The highest BCUT2D eigenvalue weighted by molar-refractivity contribution is 14.1. The van der Waals surface area contributed by atoms with Crippen LogP contribution in [0, 0.1) is 38.0 Å². The van der Waals surface area contributed by atoms with Crippen LogP contribution in [0.4, 0.5) is 0 Å². The Labute approximate surface area is 260 Å². The second kappa shape index (κ2) is 10.0. The summed E-state index contributed by atoms with van der Waals surface area (Å²) >= 11 is 8.51. The Hall–Kier alpha value is -0.320. The molecule has 3 aliphatic rings. The number of halogens is 4. The SMILES string of the molecule is O=C(OC1C2CC3C1OC(=O)C3C2C(=O)Oc1ccc(S(=O)(=O)[O-])cc1)c1c(I)c(I)cc(I)c1I. The molecule has 3 fully saturated rings. The number of carbonyl (C=O) groups is 3. The fourth-order valence-electron chi connectivity index (χ4n) is 5.26. The maximum atomic E-state index is 13.3. The lowest BCUT2D eigenvalue weighted by Gasteiger charge is -2.30. The molecular weight excluding hydrogens is 948 g/mol.